The van der Waals surface area contributed by atoms with Crippen LogP contribution in [0.5, 0.6) is 0 Å². The van der Waals surface area contributed by atoms with Gasteiger partial charge in [-0.3, -0.25) is 0 Å². The molecule has 0 fully saturated rings. The van der Waals surface area contributed by atoms with Crippen molar-refractivity contribution in [2.24, 2.45) is 0 Å². The van der Waals surface area contributed by atoms with E-state index in [0.29, 0.717) is 6.54 Å². The molecule has 0 bridgehead atoms. The molecule has 1 aliphatic heterocycles. The van der Waals surface area contributed by atoms with Gasteiger partial charge in [0.05, 0.1) is 6.54 Å². The lowest BCUT2D eigenvalue weighted by molar-refractivity contribution is 0.421. The van der Waals surface area contributed by atoms with Gasteiger partial charge in [0, 0.05) is 11.6 Å². The fourth-order valence-electron chi connectivity index (χ4n) is 0.604. The Hall–Kier alpha value is -0.810. The summed E-state index contributed by atoms with van der Waals surface area (Å²) in [5.41, 5.74) is 2.54. The molecule has 1 rings (SSSR count). The smallest absolute Gasteiger partial charge is 0.252 e. The number of nitrogens with zero attached hydrogens (tertiary/aromatic N) is 1. The van der Waals surface area contributed by atoms with Gasteiger partial charge in [0.2, 0.25) is 0 Å². The molecule has 4 nitrogen and oxygen atoms in total. The van der Waals surface area contributed by atoms with Gasteiger partial charge in [0.25, 0.3) is 10.0 Å². The SMILES string of the molecule is C=CS(=O)(=O)N1CC=CN1. The van der Waals surface area contributed by atoms with Crippen LogP contribution in [0.3, 0.4) is 0 Å². The number of rotatable bonds is 2. The van der Waals surface area contributed by atoms with Gasteiger partial charge in [0.1, 0.15) is 0 Å². The molecule has 0 aliphatic carbocycles. The number of hydrazine groups is 1. The van der Waals surface area contributed by atoms with E-state index in [9.17, 15) is 8.42 Å². The van der Waals surface area contributed by atoms with Crippen molar-refractivity contribution in [1.29, 1.82) is 0 Å². The van der Waals surface area contributed by atoms with Crippen LogP contribution in [0.4, 0.5) is 0 Å². The monoisotopic (exact) mass is 160 g/mol. The topological polar surface area (TPSA) is 49.4 Å². The first-order valence-electron chi connectivity index (χ1n) is 2.73. The highest BCUT2D eigenvalue weighted by atomic mass is 32.2. The lowest BCUT2D eigenvalue weighted by Crippen LogP contribution is -2.34. The highest BCUT2D eigenvalue weighted by Crippen LogP contribution is 2.01. The van der Waals surface area contributed by atoms with Crippen LogP contribution in [-0.2, 0) is 10.0 Å². The lowest BCUT2D eigenvalue weighted by Gasteiger charge is -2.11. The van der Waals surface area contributed by atoms with E-state index in [0.717, 1.165) is 9.82 Å². The molecule has 0 radical (unpaired) electrons. The summed E-state index contributed by atoms with van der Waals surface area (Å²) in [7, 11) is -3.27. The fourth-order valence-corrected chi connectivity index (χ4v) is 1.29. The molecule has 5 heteroatoms. The number of hydrogen-bond donors (Lipinski definition) is 1. The first-order valence-corrected chi connectivity index (χ1v) is 4.23. The molecule has 0 aromatic rings. The Kier molecular flexibility index (Phi) is 1.78. The maximum absolute atomic E-state index is 10.9. The van der Waals surface area contributed by atoms with Gasteiger partial charge in [-0.1, -0.05) is 12.7 Å². The van der Waals surface area contributed by atoms with Crippen molar-refractivity contribution in [1.82, 2.24) is 9.84 Å². The molecule has 0 atom stereocenters. The summed E-state index contributed by atoms with van der Waals surface area (Å²) in [5.74, 6) is 0. The van der Waals surface area contributed by atoms with E-state index in [4.69, 9.17) is 0 Å². The van der Waals surface area contributed by atoms with Crippen LogP contribution in [-0.4, -0.2) is 19.4 Å². The van der Waals surface area contributed by atoms with Crippen molar-refractivity contribution in [2.45, 2.75) is 0 Å². The van der Waals surface area contributed by atoms with Crippen LogP contribution in [0.15, 0.2) is 24.3 Å². The second kappa shape index (κ2) is 2.43. The summed E-state index contributed by atoms with van der Waals surface area (Å²) in [5, 5.41) is 0.910. The van der Waals surface area contributed by atoms with Crippen molar-refractivity contribution in [2.75, 3.05) is 6.54 Å². The van der Waals surface area contributed by atoms with Gasteiger partial charge >= 0.3 is 0 Å². The minimum atomic E-state index is -3.27. The molecule has 0 amide bonds. The highest BCUT2D eigenvalue weighted by Gasteiger charge is 2.17. The molecular formula is C5H8N2O2S. The Bertz CT molecular complexity index is 247. The Balaban J connectivity index is 2.76. The Morgan fingerprint density at radius 1 is 1.70 bits per heavy atom. The summed E-state index contributed by atoms with van der Waals surface area (Å²) in [6.45, 7) is 3.55. The van der Waals surface area contributed by atoms with Gasteiger partial charge < -0.3 is 5.43 Å². The standard InChI is InChI=1S/C5H8N2O2S/c1-2-10(8,9)7-5-3-4-6-7/h2-4,6H,1,5H2. The van der Waals surface area contributed by atoms with Gasteiger partial charge in [-0.25, -0.2) is 8.42 Å². The van der Waals surface area contributed by atoms with Crippen molar-refractivity contribution in [3.05, 3.63) is 24.3 Å². The third-order valence-corrected chi connectivity index (χ3v) is 2.42. The molecule has 1 N–H and O–H groups in total. The molecule has 10 heavy (non-hydrogen) atoms. The zero-order valence-corrected chi connectivity index (χ0v) is 6.13. The van der Waals surface area contributed by atoms with Gasteiger partial charge in [-0.05, 0) is 0 Å². The zero-order valence-electron chi connectivity index (χ0n) is 5.32. The minimum Gasteiger partial charge on any atom is -0.313 e. The van der Waals surface area contributed by atoms with E-state index in [1.54, 1.807) is 12.3 Å². The lowest BCUT2D eigenvalue weighted by atomic mass is 10.7. The van der Waals surface area contributed by atoms with Crippen molar-refractivity contribution in [3.8, 4) is 0 Å². The molecule has 0 spiro atoms. The van der Waals surface area contributed by atoms with Crippen LogP contribution < -0.4 is 5.43 Å². The molecule has 0 aromatic carbocycles. The largest absolute Gasteiger partial charge is 0.313 e. The molecule has 0 aromatic heterocycles. The molecule has 0 saturated carbocycles. The van der Waals surface area contributed by atoms with Crippen LogP contribution in [0.2, 0.25) is 0 Å². The predicted octanol–water partition coefficient (Wildman–Crippen LogP) is -0.206. The van der Waals surface area contributed by atoms with E-state index in [2.05, 4.69) is 12.0 Å². The first-order chi connectivity index (χ1) is 4.67. The van der Waals surface area contributed by atoms with Crippen LogP contribution in [0.25, 0.3) is 0 Å². The summed E-state index contributed by atoms with van der Waals surface area (Å²) in [6, 6.07) is 0. The van der Waals surface area contributed by atoms with E-state index in [1.807, 2.05) is 0 Å². The maximum atomic E-state index is 10.9. The maximum Gasteiger partial charge on any atom is 0.252 e. The Labute approximate surface area is 59.9 Å². The molecule has 1 heterocycles. The van der Waals surface area contributed by atoms with Crippen LogP contribution in [0, 0.1) is 0 Å². The normalized spacial score (nSPS) is 18.8. The van der Waals surface area contributed by atoms with E-state index < -0.39 is 10.0 Å². The average Bonchev–Trinajstić information content (AvgIpc) is 2.38. The van der Waals surface area contributed by atoms with Gasteiger partial charge in [-0.15, -0.1) is 4.41 Å². The van der Waals surface area contributed by atoms with Crippen molar-refractivity contribution < 1.29 is 8.42 Å². The molecular weight excluding hydrogens is 152 g/mol. The highest BCUT2D eigenvalue weighted by molar-refractivity contribution is 7.91. The zero-order chi connectivity index (χ0) is 7.61. The fraction of sp³-hybridized carbons (Fsp3) is 0.200. The summed E-state index contributed by atoms with van der Waals surface area (Å²) in [4.78, 5) is 0. The molecule has 1 aliphatic rings. The number of sulfonamides is 1. The number of nitrogens with one attached hydrogen (secondary N) is 1. The van der Waals surface area contributed by atoms with Crippen molar-refractivity contribution >= 4 is 10.0 Å². The van der Waals surface area contributed by atoms with Gasteiger partial charge in [0.15, 0.2) is 0 Å². The van der Waals surface area contributed by atoms with Crippen LogP contribution in [0.1, 0.15) is 0 Å². The second-order valence-corrected chi connectivity index (χ2v) is 3.58. The summed E-state index contributed by atoms with van der Waals surface area (Å²) >= 11 is 0. The third-order valence-electron chi connectivity index (χ3n) is 1.13. The third kappa shape index (κ3) is 1.19. The first kappa shape index (κ1) is 7.30. The van der Waals surface area contributed by atoms with E-state index in [-0.39, 0.29) is 0 Å². The Morgan fingerprint density at radius 2 is 2.40 bits per heavy atom. The van der Waals surface area contributed by atoms with E-state index >= 15 is 0 Å². The summed E-state index contributed by atoms with van der Waals surface area (Å²) < 4.78 is 22.9. The van der Waals surface area contributed by atoms with Crippen LogP contribution >= 0.6 is 0 Å². The minimum absolute atomic E-state index is 0.369. The molecule has 0 unspecified atom stereocenters. The number of hydrogen-bond acceptors (Lipinski definition) is 3. The predicted molar refractivity (Wildman–Crippen MR) is 38.1 cm³/mol. The van der Waals surface area contributed by atoms with Gasteiger partial charge in [-0.2, -0.15) is 0 Å². The van der Waals surface area contributed by atoms with E-state index in [1.165, 1.54) is 0 Å². The van der Waals surface area contributed by atoms with Crippen molar-refractivity contribution in [3.63, 3.8) is 0 Å². The average molecular weight is 160 g/mol. The Morgan fingerprint density at radius 3 is 2.80 bits per heavy atom. The molecule has 0 saturated heterocycles. The second-order valence-electron chi connectivity index (χ2n) is 1.77. The summed E-state index contributed by atoms with van der Waals surface area (Å²) in [6.07, 6.45) is 3.28. The molecule has 56 valence electrons. The quantitative estimate of drug-likeness (QED) is 0.608.